The summed E-state index contributed by atoms with van der Waals surface area (Å²) in [6, 6.07) is 2.50. The molecular weight excluding hydrogens is 343 g/mol. The summed E-state index contributed by atoms with van der Waals surface area (Å²) in [4.78, 5) is 35.0. The normalized spacial score (nSPS) is 13.6. The number of aliphatic carboxylic acids is 1. The molecule has 0 aliphatic rings. The van der Waals surface area contributed by atoms with E-state index in [9.17, 15) is 27.6 Å². The van der Waals surface area contributed by atoms with Gasteiger partial charge in [0, 0.05) is 0 Å². The van der Waals surface area contributed by atoms with Crippen LogP contribution in [0.25, 0.3) is 0 Å². The fourth-order valence-electron chi connectivity index (χ4n) is 2.12. The first-order valence-electron chi connectivity index (χ1n) is 7.44. The number of nitrogens with one attached hydrogen (secondary N) is 1. The van der Waals surface area contributed by atoms with Crippen LogP contribution in [0.3, 0.4) is 0 Å². The topological polar surface area (TPSA) is 92.7 Å². The van der Waals surface area contributed by atoms with E-state index in [1.165, 1.54) is 13.0 Å². The van der Waals surface area contributed by atoms with Crippen molar-refractivity contribution in [3.05, 3.63) is 35.4 Å². The maximum atomic E-state index is 12.9. The van der Waals surface area contributed by atoms with Crippen LogP contribution < -0.4 is 5.32 Å². The predicted molar refractivity (Wildman–Crippen MR) is 80.7 cm³/mol. The molecule has 0 bridgehead atoms. The van der Waals surface area contributed by atoms with Gasteiger partial charge in [-0.05, 0) is 25.5 Å². The van der Waals surface area contributed by atoms with E-state index >= 15 is 0 Å². The minimum Gasteiger partial charge on any atom is -0.480 e. The molecule has 6 nitrogen and oxygen atoms in total. The van der Waals surface area contributed by atoms with Gasteiger partial charge in [-0.2, -0.15) is 13.2 Å². The molecule has 0 aliphatic carbocycles. The number of benzene rings is 1. The van der Waals surface area contributed by atoms with E-state index in [1.54, 1.807) is 6.92 Å². The molecule has 0 aliphatic heterocycles. The van der Waals surface area contributed by atoms with Crippen LogP contribution in [0.4, 0.5) is 13.2 Å². The second-order valence-electron chi connectivity index (χ2n) is 5.30. The van der Waals surface area contributed by atoms with Crippen molar-refractivity contribution in [3.63, 3.8) is 0 Å². The van der Waals surface area contributed by atoms with Gasteiger partial charge in [0.25, 0.3) is 5.91 Å². The van der Waals surface area contributed by atoms with Gasteiger partial charge in [0.15, 0.2) is 0 Å². The van der Waals surface area contributed by atoms with Crippen molar-refractivity contribution in [1.82, 2.24) is 5.32 Å². The van der Waals surface area contributed by atoms with Gasteiger partial charge < -0.3 is 15.2 Å². The first kappa shape index (κ1) is 20.5. The van der Waals surface area contributed by atoms with Crippen LogP contribution in [0.5, 0.6) is 0 Å². The van der Waals surface area contributed by atoms with Gasteiger partial charge in [0.2, 0.25) is 0 Å². The lowest BCUT2D eigenvalue weighted by Crippen LogP contribution is -2.43. The molecule has 0 unspecified atom stereocenters. The van der Waals surface area contributed by atoms with Gasteiger partial charge in [0.05, 0.1) is 23.7 Å². The first-order chi connectivity index (χ1) is 11.6. The van der Waals surface area contributed by atoms with Crippen molar-refractivity contribution < 1.29 is 37.4 Å². The molecule has 0 aromatic heterocycles. The lowest BCUT2D eigenvalue weighted by Gasteiger charge is -2.19. The Labute approximate surface area is 142 Å². The second kappa shape index (κ2) is 8.50. The van der Waals surface area contributed by atoms with Gasteiger partial charge in [-0.15, -0.1) is 0 Å². The highest BCUT2D eigenvalue weighted by Gasteiger charge is 2.36. The highest BCUT2D eigenvalue weighted by molar-refractivity contribution is 5.98. The standard InChI is InChI=1S/C16H18F3NO5/c1-3-25-15(24)9(2)8-12(14(22)23)20-13(21)10-6-4-5-7-11(10)16(17,18)19/h4-7,9,12H,3,8H2,1-2H3,(H,20,21)(H,22,23)/t9-,12-/m1/s1. The SMILES string of the molecule is CCOC(=O)[C@H](C)C[C@@H](NC(=O)c1ccccc1C(F)(F)F)C(=O)O. The van der Waals surface area contributed by atoms with Crippen LogP contribution in [0.15, 0.2) is 24.3 Å². The number of carboxylic acid groups (broad SMARTS) is 1. The Kier molecular flexibility index (Phi) is 6.96. The molecule has 1 amide bonds. The zero-order valence-corrected chi connectivity index (χ0v) is 13.6. The Morgan fingerprint density at radius 1 is 1.24 bits per heavy atom. The summed E-state index contributed by atoms with van der Waals surface area (Å²) in [5.74, 6) is -4.15. The van der Waals surface area contributed by atoms with E-state index in [0.29, 0.717) is 0 Å². The number of amides is 1. The summed E-state index contributed by atoms with van der Waals surface area (Å²) in [6.07, 6.45) is -5.07. The zero-order chi connectivity index (χ0) is 19.2. The number of ether oxygens (including phenoxy) is 1. The van der Waals surface area contributed by atoms with Gasteiger partial charge >= 0.3 is 18.1 Å². The van der Waals surface area contributed by atoms with Crippen molar-refractivity contribution in [1.29, 1.82) is 0 Å². The number of rotatable bonds is 7. The van der Waals surface area contributed by atoms with Crippen molar-refractivity contribution in [2.45, 2.75) is 32.5 Å². The first-order valence-corrected chi connectivity index (χ1v) is 7.44. The largest absolute Gasteiger partial charge is 0.480 e. The van der Waals surface area contributed by atoms with Crippen LogP contribution in [0, 0.1) is 5.92 Å². The molecule has 25 heavy (non-hydrogen) atoms. The highest BCUT2D eigenvalue weighted by Crippen LogP contribution is 2.31. The summed E-state index contributed by atoms with van der Waals surface area (Å²) in [7, 11) is 0. The van der Waals surface area contributed by atoms with Crippen LogP contribution in [0.1, 0.15) is 36.2 Å². The summed E-state index contributed by atoms with van der Waals surface area (Å²) >= 11 is 0. The van der Waals surface area contributed by atoms with Gasteiger partial charge in [-0.3, -0.25) is 9.59 Å². The van der Waals surface area contributed by atoms with Gasteiger partial charge in [-0.1, -0.05) is 19.1 Å². The Hall–Kier alpha value is -2.58. The molecular formula is C16H18F3NO5. The number of alkyl halides is 3. The van der Waals surface area contributed by atoms with Crippen LogP contribution in [0.2, 0.25) is 0 Å². The molecule has 1 aromatic rings. The molecule has 138 valence electrons. The molecule has 0 radical (unpaired) electrons. The highest BCUT2D eigenvalue weighted by atomic mass is 19.4. The minimum atomic E-state index is -4.76. The number of carboxylic acids is 1. The molecule has 0 saturated carbocycles. The molecule has 9 heteroatoms. The van der Waals surface area contributed by atoms with E-state index < -0.39 is 47.1 Å². The minimum absolute atomic E-state index is 0.103. The maximum absolute atomic E-state index is 12.9. The lowest BCUT2D eigenvalue weighted by molar-refractivity contribution is -0.148. The van der Waals surface area contributed by atoms with E-state index in [4.69, 9.17) is 9.84 Å². The number of esters is 1. The van der Waals surface area contributed by atoms with Crippen molar-refractivity contribution in [2.75, 3.05) is 6.61 Å². The van der Waals surface area contributed by atoms with E-state index in [1.807, 2.05) is 5.32 Å². The van der Waals surface area contributed by atoms with Crippen molar-refractivity contribution >= 4 is 17.8 Å². The average Bonchev–Trinajstić information content (AvgIpc) is 2.53. The Bertz CT molecular complexity index is 645. The monoisotopic (exact) mass is 361 g/mol. The van der Waals surface area contributed by atoms with Crippen LogP contribution in [-0.4, -0.2) is 35.6 Å². The zero-order valence-electron chi connectivity index (χ0n) is 13.6. The van der Waals surface area contributed by atoms with Crippen molar-refractivity contribution in [3.8, 4) is 0 Å². The molecule has 0 saturated heterocycles. The predicted octanol–water partition coefficient (Wildman–Crippen LogP) is 2.48. The molecule has 1 rings (SSSR count). The number of carbonyl (C=O) groups is 3. The molecule has 0 heterocycles. The molecule has 1 aromatic carbocycles. The molecule has 0 spiro atoms. The van der Waals surface area contributed by atoms with Crippen molar-refractivity contribution in [2.24, 2.45) is 5.92 Å². The smallest absolute Gasteiger partial charge is 0.417 e. The Morgan fingerprint density at radius 3 is 2.36 bits per heavy atom. The number of hydrogen-bond acceptors (Lipinski definition) is 4. The Balaban J connectivity index is 2.95. The lowest BCUT2D eigenvalue weighted by atomic mass is 10.0. The Morgan fingerprint density at radius 2 is 1.84 bits per heavy atom. The quantitative estimate of drug-likeness (QED) is 0.728. The number of hydrogen-bond donors (Lipinski definition) is 2. The van der Waals surface area contributed by atoms with E-state index in [2.05, 4.69) is 0 Å². The molecule has 2 N–H and O–H groups in total. The van der Waals surface area contributed by atoms with E-state index in [-0.39, 0.29) is 13.0 Å². The second-order valence-corrected chi connectivity index (χ2v) is 5.30. The summed E-state index contributed by atoms with van der Waals surface area (Å²) in [5.41, 5.74) is -1.86. The third kappa shape index (κ3) is 5.77. The third-order valence-electron chi connectivity index (χ3n) is 3.36. The van der Waals surface area contributed by atoms with Crippen LogP contribution >= 0.6 is 0 Å². The number of carbonyl (C=O) groups excluding carboxylic acids is 2. The van der Waals surface area contributed by atoms with Gasteiger partial charge in [0.1, 0.15) is 6.04 Å². The average molecular weight is 361 g/mol. The maximum Gasteiger partial charge on any atom is 0.417 e. The molecule has 2 atom stereocenters. The molecule has 0 fully saturated rings. The van der Waals surface area contributed by atoms with Gasteiger partial charge in [-0.25, -0.2) is 4.79 Å². The fraction of sp³-hybridized carbons (Fsp3) is 0.438. The summed E-state index contributed by atoms with van der Waals surface area (Å²) in [6.45, 7) is 3.09. The van der Waals surface area contributed by atoms with Crippen LogP contribution in [-0.2, 0) is 20.5 Å². The summed E-state index contributed by atoms with van der Waals surface area (Å²) in [5, 5.41) is 11.2. The third-order valence-corrected chi connectivity index (χ3v) is 3.36. The number of halogens is 3. The summed E-state index contributed by atoms with van der Waals surface area (Å²) < 4.78 is 43.6. The van der Waals surface area contributed by atoms with E-state index in [0.717, 1.165) is 18.2 Å². The fourth-order valence-corrected chi connectivity index (χ4v) is 2.12.